The van der Waals surface area contributed by atoms with Gasteiger partial charge in [-0.05, 0) is 56.9 Å². The number of nitrogens with one attached hydrogen (secondary N) is 1. The van der Waals surface area contributed by atoms with Gasteiger partial charge < -0.3 is 5.32 Å². The molecule has 2 aliphatic carbocycles. The summed E-state index contributed by atoms with van der Waals surface area (Å²) in [6, 6.07) is 0. The summed E-state index contributed by atoms with van der Waals surface area (Å²) in [7, 11) is 0. The fraction of sp³-hybridized carbons (Fsp3) is 1.00. The summed E-state index contributed by atoms with van der Waals surface area (Å²) >= 11 is 0. The van der Waals surface area contributed by atoms with Crippen molar-refractivity contribution >= 4 is 0 Å². The molecular formula is C12H21N. The lowest BCUT2D eigenvalue weighted by Gasteiger charge is -2.29. The van der Waals surface area contributed by atoms with Gasteiger partial charge in [-0.1, -0.05) is 12.8 Å². The van der Waals surface area contributed by atoms with E-state index in [-0.39, 0.29) is 0 Å². The van der Waals surface area contributed by atoms with Crippen molar-refractivity contribution in [1.29, 1.82) is 0 Å². The second-order valence-corrected chi connectivity index (χ2v) is 5.44. The zero-order valence-electron chi connectivity index (χ0n) is 8.52. The molecule has 3 rings (SSSR count). The summed E-state index contributed by atoms with van der Waals surface area (Å²) in [6.45, 7) is 1.29. The van der Waals surface area contributed by atoms with Crippen molar-refractivity contribution in [2.45, 2.75) is 56.9 Å². The summed E-state index contributed by atoms with van der Waals surface area (Å²) in [4.78, 5) is 0. The lowest BCUT2D eigenvalue weighted by atomic mass is 9.85. The Labute approximate surface area is 81.3 Å². The molecule has 1 heteroatoms. The molecule has 0 aromatic rings. The van der Waals surface area contributed by atoms with Crippen LogP contribution in [0.15, 0.2) is 0 Å². The van der Waals surface area contributed by atoms with Crippen molar-refractivity contribution in [2.24, 2.45) is 11.8 Å². The van der Waals surface area contributed by atoms with Crippen LogP contribution < -0.4 is 5.32 Å². The minimum Gasteiger partial charge on any atom is -0.311 e. The molecule has 1 atom stereocenters. The zero-order valence-corrected chi connectivity index (χ0v) is 8.52. The zero-order chi connectivity index (χ0) is 8.73. The lowest BCUT2D eigenvalue weighted by Crippen LogP contribution is -2.42. The van der Waals surface area contributed by atoms with E-state index in [4.69, 9.17) is 0 Å². The minimum absolute atomic E-state index is 0.628. The predicted molar refractivity (Wildman–Crippen MR) is 54.6 cm³/mol. The van der Waals surface area contributed by atoms with Gasteiger partial charge in [0.25, 0.3) is 0 Å². The van der Waals surface area contributed by atoms with E-state index in [9.17, 15) is 0 Å². The van der Waals surface area contributed by atoms with Crippen LogP contribution in [-0.4, -0.2) is 12.1 Å². The van der Waals surface area contributed by atoms with E-state index in [0.717, 1.165) is 11.8 Å². The third kappa shape index (κ3) is 1.63. The van der Waals surface area contributed by atoms with Gasteiger partial charge in [0.05, 0.1) is 0 Å². The maximum atomic E-state index is 3.82. The molecule has 0 amide bonds. The van der Waals surface area contributed by atoms with Crippen molar-refractivity contribution in [3.8, 4) is 0 Å². The molecule has 0 spiro atoms. The summed E-state index contributed by atoms with van der Waals surface area (Å²) < 4.78 is 0. The highest BCUT2D eigenvalue weighted by Gasteiger charge is 2.46. The topological polar surface area (TPSA) is 12.0 Å². The molecule has 1 heterocycles. The largest absolute Gasteiger partial charge is 0.311 e. The molecule has 1 nitrogen and oxygen atoms in total. The van der Waals surface area contributed by atoms with E-state index in [1.54, 1.807) is 0 Å². The lowest BCUT2D eigenvalue weighted by molar-refractivity contribution is 0.289. The Morgan fingerprint density at radius 2 is 2.00 bits per heavy atom. The fourth-order valence-corrected chi connectivity index (χ4v) is 3.10. The van der Waals surface area contributed by atoms with Crippen molar-refractivity contribution in [2.75, 3.05) is 6.54 Å². The monoisotopic (exact) mass is 179 g/mol. The van der Waals surface area contributed by atoms with Crippen molar-refractivity contribution in [3.63, 3.8) is 0 Å². The van der Waals surface area contributed by atoms with Gasteiger partial charge in [0.2, 0.25) is 0 Å². The molecule has 0 aromatic heterocycles. The van der Waals surface area contributed by atoms with Gasteiger partial charge in [-0.25, -0.2) is 0 Å². The number of hydrogen-bond acceptors (Lipinski definition) is 1. The van der Waals surface area contributed by atoms with Crippen LogP contribution in [0.1, 0.15) is 51.4 Å². The van der Waals surface area contributed by atoms with Crippen LogP contribution in [0.4, 0.5) is 0 Å². The molecule has 1 aliphatic heterocycles. The first-order valence-corrected chi connectivity index (χ1v) is 6.14. The molecule has 13 heavy (non-hydrogen) atoms. The predicted octanol–water partition coefficient (Wildman–Crippen LogP) is 2.71. The Balaban J connectivity index is 1.59. The van der Waals surface area contributed by atoms with Gasteiger partial charge in [0.15, 0.2) is 0 Å². The van der Waals surface area contributed by atoms with Gasteiger partial charge in [-0.15, -0.1) is 0 Å². The van der Waals surface area contributed by atoms with E-state index in [1.165, 1.54) is 57.9 Å². The van der Waals surface area contributed by atoms with E-state index in [1.807, 2.05) is 0 Å². The Bertz CT molecular complexity index is 185. The standard InChI is InChI=1S/C12H21N/c1-7-12(13-9-1,11-4-5-11)8-6-10-2-3-10/h10-11,13H,1-9H2. The molecular weight excluding hydrogens is 158 g/mol. The highest BCUT2D eigenvalue weighted by Crippen LogP contribution is 2.48. The summed E-state index contributed by atoms with van der Waals surface area (Å²) in [5, 5.41) is 3.82. The molecule has 1 saturated heterocycles. The smallest absolute Gasteiger partial charge is 0.0210 e. The first kappa shape index (κ1) is 8.28. The summed E-state index contributed by atoms with van der Waals surface area (Å²) in [5.74, 6) is 2.19. The molecule has 0 radical (unpaired) electrons. The summed E-state index contributed by atoms with van der Waals surface area (Å²) in [5.41, 5.74) is 0.628. The van der Waals surface area contributed by atoms with Crippen molar-refractivity contribution < 1.29 is 0 Å². The molecule has 2 saturated carbocycles. The average Bonchev–Trinajstić information content (AvgIpc) is 3.04. The van der Waals surface area contributed by atoms with Gasteiger partial charge in [-0.3, -0.25) is 0 Å². The van der Waals surface area contributed by atoms with E-state index < -0.39 is 0 Å². The third-order valence-electron chi connectivity index (χ3n) is 4.33. The number of hydrogen-bond donors (Lipinski definition) is 1. The Kier molecular flexibility index (Phi) is 1.90. The van der Waals surface area contributed by atoms with Crippen molar-refractivity contribution in [1.82, 2.24) is 5.32 Å². The Morgan fingerprint density at radius 3 is 2.54 bits per heavy atom. The van der Waals surface area contributed by atoms with Gasteiger partial charge >= 0.3 is 0 Å². The van der Waals surface area contributed by atoms with E-state index >= 15 is 0 Å². The van der Waals surface area contributed by atoms with Crippen LogP contribution in [0.25, 0.3) is 0 Å². The van der Waals surface area contributed by atoms with Crippen LogP contribution in [0.3, 0.4) is 0 Å². The Morgan fingerprint density at radius 1 is 1.15 bits per heavy atom. The van der Waals surface area contributed by atoms with Gasteiger partial charge in [-0.2, -0.15) is 0 Å². The van der Waals surface area contributed by atoms with Crippen LogP contribution >= 0.6 is 0 Å². The molecule has 74 valence electrons. The molecule has 3 aliphatic rings. The van der Waals surface area contributed by atoms with Gasteiger partial charge in [0.1, 0.15) is 0 Å². The summed E-state index contributed by atoms with van der Waals surface area (Å²) in [6.07, 6.45) is 12.0. The first-order valence-electron chi connectivity index (χ1n) is 6.14. The molecule has 1 N–H and O–H groups in total. The fourth-order valence-electron chi connectivity index (χ4n) is 3.10. The normalized spacial score (nSPS) is 39.7. The van der Waals surface area contributed by atoms with Crippen LogP contribution in [0, 0.1) is 11.8 Å². The average molecular weight is 179 g/mol. The Hall–Kier alpha value is -0.0400. The highest BCUT2D eigenvalue weighted by atomic mass is 15.0. The molecule has 0 aromatic carbocycles. The van der Waals surface area contributed by atoms with Crippen LogP contribution in [-0.2, 0) is 0 Å². The quantitative estimate of drug-likeness (QED) is 0.699. The maximum absolute atomic E-state index is 3.82. The van der Waals surface area contributed by atoms with Crippen LogP contribution in [0.5, 0.6) is 0 Å². The number of rotatable bonds is 4. The van der Waals surface area contributed by atoms with E-state index in [0.29, 0.717) is 5.54 Å². The minimum atomic E-state index is 0.628. The van der Waals surface area contributed by atoms with E-state index in [2.05, 4.69) is 5.32 Å². The SMILES string of the molecule is C1CNC(CCC2CC2)(C2CC2)C1. The highest BCUT2D eigenvalue weighted by molar-refractivity contribution is 5.04. The molecule has 3 fully saturated rings. The second-order valence-electron chi connectivity index (χ2n) is 5.44. The van der Waals surface area contributed by atoms with Crippen molar-refractivity contribution in [3.05, 3.63) is 0 Å². The van der Waals surface area contributed by atoms with Crippen LogP contribution in [0.2, 0.25) is 0 Å². The maximum Gasteiger partial charge on any atom is 0.0210 e. The second kappa shape index (κ2) is 2.98. The molecule has 0 bridgehead atoms. The van der Waals surface area contributed by atoms with Gasteiger partial charge in [0, 0.05) is 5.54 Å². The first-order chi connectivity index (χ1) is 6.39. The molecule has 1 unspecified atom stereocenters. The third-order valence-corrected chi connectivity index (χ3v) is 4.33.